The van der Waals surface area contributed by atoms with Gasteiger partial charge in [0.05, 0.1) is 16.1 Å². The summed E-state index contributed by atoms with van der Waals surface area (Å²) in [6, 6.07) is 13.4. The van der Waals surface area contributed by atoms with Gasteiger partial charge in [0.1, 0.15) is 5.75 Å². The van der Waals surface area contributed by atoms with Crippen molar-refractivity contribution in [2.24, 2.45) is 5.73 Å². The van der Waals surface area contributed by atoms with Gasteiger partial charge in [0.15, 0.2) is 0 Å². The molecular weight excluding hydrogens is 305 g/mol. The monoisotopic (exact) mass is 323 g/mol. The number of benzene rings is 2. The molecule has 0 aromatic heterocycles. The van der Waals surface area contributed by atoms with Gasteiger partial charge >= 0.3 is 0 Å². The van der Waals surface area contributed by atoms with E-state index >= 15 is 0 Å². The first-order valence-corrected chi connectivity index (χ1v) is 7.67. The van der Waals surface area contributed by atoms with Crippen LogP contribution in [-0.4, -0.2) is 6.10 Å². The van der Waals surface area contributed by atoms with Gasteiger partial charge in [-0.15, -0.1) is 0 Å². The lowest BCUT2D eigenvalue weighted by Crippen LogP contribution is -2.14. The minimum Gasteiger partial charge on any atom is -0.491 e. The molecule has 0 saturated heterocycles. The molecule has 0 heterocycles. The van der Waals surface area contributed by atoms with E-state index in [0.29, 0.717) is 16.5 Å². The SMILES string of the molecule is CC(C)Oc1cccc(C(N)Cc2ccc(Cl)c(Cl)c2)c1. The molecule has 1 atom stereocenters. The minimum absolute atomic E-state index is 0.113. The molecule has 1 unspecified atom stereocenters. The summed E-state index contributed by atoms with van der Waals surface area (Å²) < 4.78 is 5.70. The minimum atomic E-state index is -0.113. The summed E-state index contributed by atoms with van der Waals surface area (Å²) in [5, 5.41) is 1.11. The molecule has 2 aromatic rings. The molecule has 0 bridgehead atoms. The number of nitrogens with two attached hydrogens (primary N) is 1. The van der Waals surface area contributed by atoms with Crippen LogP contribution >= 0.6 is 23.2 Å². The van der Waals surface area contributed by atoms with Gasteiger partial charge in [-0.2, -0.15) is 0 Å². The van der Waals surface area contributed by atoms with E-state index in [4.69, 9.17) is 33.7 Å². The Morgan fingerprint density at radius 3 is 2.48 bits per heavy atom. The van der Waals surface area contributed by atoms with E-state index in [-0.39, 0.29) is 12.1 Å². The van der Waals surface area contributed by atoms with Crippen molar-refractivity contribution in [2.75, 3.05) is 0 Å². The van der Waals surface area contributed by atoms with Crippen LogP contribution in [0.1, 0.15) is 31.0 Å². The average Bonchev–Trinajstić information content (AvgIpc) is 2.42. The fraction of sp³-hybridized carbons (Fsp3) is 0.294. The van der Waals surface area contributed by atoms with E-state index in [1.54, 1.807) is 6.07 Å². The van der Waals surface area contributed by atoms with Gasteiger partial charge in [0.2, 0.25) is 0 Å². The third-order valence-electron chi connectivity index (χ3n) is 3.10. The van der Waals surface area contributed by atoms with Crippen LogP contribution in [0.3, 0.4) is 0 Å². The Hall–Kier alpha value is -1.22. The van der Waals surface area contributed by atoms with Crippen LogP contribution in [0.15, 0.2) is 42.5 Å². The molecule has 0 aliphatic carbocycles. The molecule has 0 amide bonds. The smallest absolute Gasteiger partial charge is 0.120 e. The summed E-state index contributed by atoms with van der Waals surface area (Å²) in [5.74, 6) is 0.840. The second kappa shape index (κ2) is 7.17. The lowest BCUT2D eigenvalue weighted by Gasteiger charge is -2.15. The number of halogens is 2. The fourth-order valence-electron chi connectivity index (χ4n) is 2.13. The van der Waals surface area contributed by atoms with Crippen LogP contribution in [0.4, 0.5) is 0 Å². The first kappa shape index (κ1) is 16.2. The maximum absolute atomic E-state index is 6.28. The molecule has 21 heavy (non-hydrogen) atoms. The highest BCUT2D eigenvalue weighted by Crippen LogP contribution is 2.26. The third-order valence-corrected chi connectivity index (χ3v) is 3.84. The zero-order valence-corrected chi connectivity index (χ0v) is 13.7. The highest BCUT2D eigenvalue weighted by molar-refractivity contribution is 6.42. The predicted octanol–water partition coefficient (Wildman–Crippen LogP) is 5.02. The van der Waals surface area contributed by atoms with Gasteiger partial charge in [-0.05, 0) is 55.7 Å². The summed E-state index contributed by atoms with van der Waals surface area (Å²) in [6.45, 7) is 4.00. The summed E-state index contributed by atoms with van der Waals surface area (Å²) in [7, 11) is 0. The Balaban J connectivity index is 2.12. The van der Waals surface area contributed by atoms with Crippen LogP contribution in [-0.2, 0) is 6.42 Å². The topological polar surface area (TPSA) is 35.2 Å². The summed E-state index contributed by atoms with van der Waals surface area (Å²) in [6.07, 6.45) is 0.841. The van der Waals surface area contributed by atoms with Crippen LogP contribution in [0.25, 0.3) is 0 Å². The second-order valence-electron chi connectivity index (χ2n) is 5.30. The van der Waals surface area contributed by atoms with Crippen LogP contribution in [0.2, 0.25) is 10.0 Å². The van der Waals surface area contributed by atoms with Crippen LogP contribution < -0.4 is 10.5 Å². The molecule has 0 radical (unpaired) electrons. The number of hydrogen-bond acceptors (Lipinski definition) is 2. The molecule has 2 aromatic carbocycles. The largest absolute Gasteiger partial charge is 0.491 e. The van der Waals surface area contributed by atoms with Crippen molar-refractivity contribution in [1.29, 1.82) is 0 Å². The number of ether oxygens (including phenoxy) is 1. The molecule has 2 N–H and O–H groups in total. The van der Waals surface area contributed by atoms with E-state index in [9.17, 15) is 0 Å². The maximum Gasteiger partial charge on any atom is 0.120 e. The van der Waals surface area contributed by atoms with Gasteiger partial charge < -0.3 is 10.5 Å². The first-order valence-electron chi connectivity index (χ1n) is 6.92. The molecule has 112 valence electrons. The Bertz CT molecular complexity index is 613. The number of hydrogen-bond donors (Lipinski definition) is 1. The van der Waals surface area contributed by atoms with Crippen molar-refractivity contribution in [1.82, 2.24) is 0 Å². The second-order valence-corrected chi connectivity index (χ2v) is 6.11. The van der Waals surface area contributed by atoms with E-state index in [1.807, 2.05) is 50.2 Å². The molecule has 2 rings (SSSR count). The van der Waals surface area contributed by atoms with Gasteiger partial charge in [-0.25, -0.2) is 0 Å². The Morgan fingerprint density at radius 1 is 1.05 bits per heavy atom. The van der Waals surface area contributed by atoms with Crippen molar-refractivity contribution in [3.05, 3.63) is 63.6 Å². The van der Waals surface area contributed by atoms with Crippen molar-refractivity contribution >= 4 is 23.2 Å². The van der Waals surface area contributed by atoms with Gasteiger partial charge in [-0.1, -0.05) is 41.4 Å². The lowest BCUT2D eigenvalue weighted by molar-refractivity contribution is 0.242. The van der Waals surface area contributed by atoms with Gasteiger partial charge in [-0.3, -0.25) is 0 Å². The maximum atomic E-state index is 6.28. The molecule has 0 saturated carbocycles. The summed E-state index contributed by atoms with van der Waals surface area (Å²) in [5.41, 5.74) is 8.39. The number of rotatable bonds is 5. The molecule has 0 aliphatic heterocycles. The van der Waals surface area contributed by atoms with Gasteiger partial charge in [0.25, 0.3) is 0 Å². The first-order chi connectivity index (χ1) is 9.95. The van der Waals surface area contributed by atoms with E-state index < -0.39 is 0 Å². The van der Waals surface area contributed by atoms with E-state index in [1.165, 1.54) is 0 Å². The van der Waals surface area contributed by atoms with Crippen molar-refractivity contribution in [3.8, 4) is 5.75 Å². The predicted molar refractivity (Wildman–Crippen MR) is 89.3 cm³/mol. The van der Waals surface area contributed by atoms with E-state index in [0.717, 1.165) is 16.9 Å². The van der Waals surface area contributed by atoms with Gasteiger partial charge in [0, 0.05) is 6.04 Å². The Kier molecular flexibility index (Phi) is 5.51. The van der Waals surface area contributed by atoms with Crippen molar-refractivity contribution in [2.45, 2.75) is 32.4 Å². The summed E-state index contributed by atoms with van der Waals surface area (Å²) >= 11 is 12.0. The third kappa shape index (κ3) is 4.63. The quantitative estimate of drug-likeness (QED) is 0.838. The zero-order chi connectivity index (χ0) is 15.4. The normalized spacial score (nSPS) is 12.5. The van der Waals surface area contributed by atoms with Crippen molar-refractivity contribution in [3.63, 3.8) is 0 Å². The zero-order valence-electron chi connectivity index (χ0n) is 12.1. The summed E-state index contributed by atoms with van der Waals surface area (Å²) in [4.78, 5) is 0. The highest BCUT2D eigenvalue weighted by atomic mass is 35.5. The van der Waals surface area contributed by atoms with Crippen molar-refractivity contribution < 1.29 is 4.74 Å². The lowest BCUT2D eigenvalue weighted by atomic mass is 9.99. The van der Waals surface area contributed by atoms with E-state index in [2.05, 4.69) is 0 Å². The molecule has 2 nitrogen and oxygen atoms in total. The molecular formula is C17H19Cl2NO. The molecule has 0 fully saturated rings. The fourth-order valence-corrected chi connectivity index (χ4v) is 2.45. The molecule has 4 heteroatoms. The van der Waals surface area contributed by atoms with Crippen LogP contribution in [0.5, 0.6) is 5.75 Å². The molecule has 0 aliphatic rings. The Morgan fingerprint density at radius 2 is 1.81 bits per heavy atom. The van der Waals surface area contributed by atoms with Crippen LogP contribution in [0, 0.1) is 0 Å². The average molecular weight is 324 g/mol. The standard InChI is InChI=1S/C17H19Cl2NO/c1-11(2)21-14-5-3-4-13(10-14)17(20)9-12-6-7-15(18)16(19)8-12/h3-8,10-11,17H,9,20H2,1-2H3. The Labute approximate surface area is 135 Å². The highest BCUT2D eigenvalue weighted by Gasteiger charge is 2.10. The molecule has 0 spiro atoms.